The van der Waals surface area contributed by atoms with Crippen LogP contribution in [0.15, 0.2) is 70.6 Å². The Morgan fingerprint density at radius 1 is 0.824 bits per heavy atom. The van der Waals surface area contributed by atoms with Gasteiger partial charge in [-0.15, -0.1) is 0 Å². The van der Waals surface area contributed by atoms with Crippen LogP contribution in [-0.2, 0) is 13.5 Å². The number of benzene rings is 4. The van der Waals surface area contributed by atoms with E-state index >= 15 is 0 Å². The van der Waals surface area contributed by atoms with Crippen LogP contribution >= 0.6 is 11.8 Å². The first kappa shape index (κ1) is 21.7. The predicted molar refractivity (Wildman–Crippen MR) is 147 cm³/mol. The van der Waals surface area contributed by atoms with Crippen molar-refractivity contribution in [3.8, 4) is 11.3 Å². The molecule has 0 fully saturated rings. The average Bonchev–Trinajstić information content (AvgIpc) is 2.82. The minimum Gasteiger partial charge on any atom is -0.200 e. The number of fused-ring (bicyclic) bond motifs is 5. The van der Waals surface area contributed by atoms with Gasteiger partial charge in [-0.3, -0.25) is 0 Å². The van der Waals surface area contributed by atoms with E-state index in [-0.39, 0.29) is 0 Å². The summed E-state index contributed by atoms with van der Waals surface area (Å²) in [6.07, 6.45) is 3.36. The van der Waals surface area contributed by atoms with Crippen molar-refractivity contribution in [1.29, 1.82) is 0 Å². The Bertz CT molecular complexity index is 1620. The van der Waals surface area contributed by atoms with E-state index in [0.717, 1.165) is 6.42 Å². The zero-order valence-electron chi connectivity index (χ0n) is 21.0. The molecule has 170 valence electrons. The molecule has 0 saturated carbocycles. The van der Waals surface area contributed by atoms with Crippen molar-refractivity contribution in [2.45, 2.75) is 56.7 Å². The number of pyridine rings is 1. The highest BCUT2D eigenvalue weighted by molar-refractivity contribution is 8.00. The van der Waals surface area contributed by atoms with Crippen molar-refractivity contribution in [2.75, 3.05) is 0 Å². The molecule has 1 aliphatic heterocycles. The minimum atomic E-state index is 0.496. The summed E-state index contributed by atoms with van der Waals surface area (Å²) in [5, 5.41) is 8.36. The Morgan fingerprint density at radius 2 is 1.56 bits per heavy atom. The second kappa shape index (κ2) is 7.85. The van der Waals surface area contributed by atoms with Crippen LogP contribution in [-0.4, -0.2) is 0 Å². The zero-order valence-corrected chi connectivity index (χ0v) is 21.8. The zero-order chi connectivity index (χ0) is 23.7. The second-order valence-corrected chi connectivity index (χ2v) is 11.6. The molecule has 2 heteroatoms. The summed E-state index contributed by atoms with van der Waals surface area (Å²) >= 11 is 2.00. The van der Waals surface area contributed by atoms with Gasteiger partial charge >= 0.3 is 0 Å². The fraction of sp³-hybridized carbons (Fsp3) is 0.281. The van der Waals surface area contributed by atoms with E-state index in [0.29, 0.717) is 11.8 Å². The Labute approximate surface area is 206 Å². The highest BCUT2D eigenvalue weighted by atomic mass is 32.2. The average molecular weight is 463 g/mol. The number of aryl methyl sites for hydroxylation is 2. The van der Waals surface area contributed by atoms with Crippen LogP contribution in [0.1, 0.15) is 50.3 Å². The van der Waals surface area contributed by atoms with Crippen molar-refractivity contribution in [1.82, 2.24) is 0 Å². The van der Waals surface area contributed by atoms with Gasteiger partial charge in [-0.25, -0.2) is 4.57 Å². The lowest BCUT2D eigenvalue weighted by atomic mass is 9.87. The first-order valence-electron chi connectivity index (χ1n) is 12.5. The fourth-order valence-electron chi connectivity index (χ4n) is 5.96. The molecular formula is C32H32NS+. The summed E-state index contributed by atoms with van der Waals surface area (Å²) in [6.45, 7) is 11.6. The van der Waals surface area contributed by atoms with Crippen LogP contribution in [0.2, 0.25) is 0 Å². The van der Waals surface area contributed by atoms with E-state index in [1.807, 2.05) is 11.8 Å². The molecule has 0 atom stereocenters. The Hall–Kier alpha value is -2.84. The fourth-order valence-corrected chi connectivity index (χ4v) is 7.33. The Morgan fingerprint density at radius 3 is 2.29 bits per heavy atom. The molecule has 34 heavy (non-hydrogen) atoms. The van der Waals surface area contributed by atoms with E-state index in [9.17, 15) is 0 Å². The van der Waals surface area contributed by atoms with Gasteiger partial charge in [0.05, 0.1) is 10.9 Å². The van der Waals surface area contributed by atoms with Gasteiger partial charge in [0.2, 0.25) is 5.69 Å². The molecular weight excluding hydrogens is 430 g/mol. The van der Waals surface area contributed by atoms with Crippen LogP contribution in [0.5, 0.6) is 0 Å². The lowest BCUT2D eigenvalue weighted by Crippen LogP contribution is -2.32. The van der Waals surface area contributed by atoms with Gasteiger partial charge in [0.1, 0.15) is 7.05 Å². The molecule has 1 aliphatic rings. The molecule has 0 saturated heterocycles. The van der Waals surface area contributed by atoms with Gasteiger partial charge < -0.3 is 0 Å². The maximum atomic E-state index is 2.48. The molecule has 4 aromatic carbocycles. The topological polar surface area (TPSA) is 3.88 Å². The van der Waals surface area contributed by atoms with Gasteiger partial charge in [0.25, 0.3) is 0 Å². The highest BCUT2D eigenvalue weighted by Gasteiger charge is 2.32. The molecule has 0 spiro atoms. The van der Waals surface area contributed by atoms with E-state index in [1.165, 1.54) is 70.1 Å². The maximum Gasteiger partial charge on any atom is 0.222 e. The van der Waals surface area contributed by atoms with Crippen LogP contribution in [0, 0.1) is 12.8 Å². The number of hydrogen-bond donors (Lipinski definition) is 0. The summed E-state index contributed by atoms with van der Waals surface area (Å²) in [5.74, 6) is 1.10. The molecule has 5 aromatic rings. The highest BCUT2D eigenvalue weighted by Crippen LogP contribution is 2.53. The van der Waals surface area contributed by atoms with E-state index < -0.39 is 0 Å². The molecule has 1 aromatic heterocycles. The van der Waals surface area contributed by atoms with Crippen molar-refractivity contribution < 1.29 is 4.57 Å². The van der Waals surface area contributed by atoms with Crippen molar-refractivity contribution in [3.63, 3.8) is 0 Å². The molecule has 0 bridgehead atoms. The van der Waals surface area contributed by atoms with Gasteiger partial charge in [-0.2, -0.15) is 0 Å². The number of hydrogen-bond acceptors (Lipinski definition) is 1. The molecule has 0 aliphatic carbocycles. The largest absolute Gasteiger partial charge is 0.222 e. The second-order valence-electron chi connectivity index (χ2n) is 10.6. The summed E-state index contributed by atoms with van der Waals surface area (Å²) in [5.41, 5.74) is 7.14. The lowest BCUT2D eigenvalue weighted by Gasteiger charge is -2.26. The predicted octanol–water partition coefficient (Wildman–Crippen LogP) is 8.73. The Balaban J connectivity index is 1.81. The third-order valence-electron chi connectivity index (χ3n) is 7.49. The van der Waals surface area contributed by atoms with Crippen LogP contribution in [0.25, 0.3) is 43.6 Å². The van der Waals surface area contributed by atoms with E-state index in [2.05, 4.69) is 107 Å². The Kier molecular flexibility index (Phi) is 5.00. The SMILES string of the molecule is Cc1c2c(c(CC(C)C)c3ccccc13)Sc1cc3c(C(C)C)cccc3c3cc[n+](C)c-2c13. The molecule has 0 N–H and O–H groups in total. The van der Waals surface area contributed by atoms with Crippen molar-refractivity contribution >= 4 is 44.1 Å². The van der Waals surface area contributed by atoms with Crippen molar-refractivity contribution in [2.24, 2.45) is 13.0 Å². The summed E-state index contributed by atoms with van der Waals surface area (Å²) in [6, 6.07) is 20.7. The molecule has 0 amide bonds. The monoisotopic (exact) mass is 462 g/mol. The first-order chi connectivity index (χ1) is 16.4. The van der Waals surface area contributed by atoms with E-state index in [4.69, 9.17) is 0 Å². The molecule has 2 heterocycles. The first-order valence-corrected chi connectivity index (χ1v) is 13.3. The van der Waals surface area contributed by atoms with Crippen LogP contribution in [0.3, 0.4) is 0 Å². The summed E-state index contributed by atoms with van der Waals surface area (Å²) in [7, 11) is 2.21. The summed E-state index contributed by atoms with van der Waals surface area (Å²) in [4.78, 5) is 2.86. The lowest BCUT2D eigenvalue weighted by molar-refractivity contribution is -0.659. The summed E-state index contributed by atoms with van der Waals surface area (Å²) < 4.78 is 2.35. The third kappa shape index (κ3) is 3.04. The molecule has 1 nitrogen and oxygen atoms in total. The van der Waals surface area contributed by atoms with Gasteiger partial charge in [0.15, 0.2) is 6.20 Å². The standard InChI is InChI=1S/C32H32NS/c1-18(2)16-27-23-11-8-7-10-22(23)20(5)29-31-30-25(14-15-33(31)6)24-13-9-12-21(19(3)4)26(24)17-28(30)34-32(27)29/h7-15,17-19H,16H2,1-6H3/q+1. The van der Waals surface area contributed by atoms with Crippen molar-refractivity contribution in [3.05, 3.63) is 77.5 Å². The van der Waals surface area contributed by atoms with Crippen LogP contribution in [0.4, 0.5) is 0 Å². The number of nitrogens with zero attached hydrogens (tertiary/aromatic N) is 1. The minimum absolute atomic E-state index is 0.496. The third-order valence-corrected chi connectivity index (χ3v) is 8.69. The molecule has 6 rings (SSSR count). The molecule has 0 radical (unpaired) electrons. The normalized spacial score (nSPS) is 12.9. The maximum absolute atomic E-state index is 2.48. The molecule has 0 unspecified atom stereocenters. The van der Waals surface area contributed by atoms with Crippen LogP contribution < -0.4 is 4.57 Å². The number of aromatic nitrogens is 1. The number of rotatable bonds is 3. The van der Waals surface area contributed by atoms with Gasteiger partial charge in [-0.1, -0.05) is 81.9 Å². The van der Waals surface area contributed by atoms with Gasteiger partial charge in [0, 0.05) is 21.2 Å². The quantitative estimate of drug-likeness (QED) is 0.188. The smallest absolute Gasteiger partial charge is 0.200 e. The van der Waals surface area contributed by atoms with Gasteiger partial charge in [-0.05, 0) is 69.5 Å². The van der Waals surface area contributed by atoms with E-state index in [1.54, 1.807) is 0 Å².